The minimum atomic E-state index is -1.37. The van der Waals surface area contributed by atoms with Gasteiger partial charge in [0.25, 0.3) is 0 Å². The van der Waals surface area contributed by atoms with Gasteiger partial charge in [0.2, 0.25) is 0 Å². The summed E-state index contributed by atoms with van der Waals surface area (Å²) in [6.45, 7) is 0. The third-order valence-electron chi connectivity index (χ3n) is 5.65. The molecule has 33 heavy (non-hydrogen) atoms. The summed E-state index contributed by atoms with van der Waals surface area (Å²) in [6.07, 6.45) is 1.47. The highest BCUT2D eigenvalue weighted by Crippen LogP contribution is 2.38. The molecule has 1 heterocycles. The van der Waals surface area contributed by atoms with E-state index in [0.717, 1.165) is 12.1 Å². The van der Waals surface area contributed by atoms with E-state index in [1.54, 1.807) is 6.07 Å². The Kier molecular flexibility index (Phi) is 4.67. The van der Waals surface area contributed by atoms with Crippen LogP contribution < -0.4 is 0 Å². The van der Waals surface area contributed by atoms with E-state index < -0.39 is 35.1 Å². The van der Waals surface area contributed by atoms with Gasteiger partial charge in [0, 0.05) is 16.7 Å². The molecule has 0 saturated heterocycles. The number of nitrogens with one attached hydrogen (secondary N) is 1. The van der Waals surface area contributed by atoms with Gasteiger partial charge in [0.05, 0.1) is 17.5 Å². The number of aromatic carboxylic acids is 1. The Morgan fingerprint density at radius 1 is 0.848 bits per heavy atom. The molecule has 1 aromatic heterocycles. The second-order valence-corrected chi connectivity index (χ2v) is 7.53. The van der Waals surface area contributed by atoms with Gasteiger partial charge in [-0.3, -0.25) is 14.7 Å². The van der Waals surface area contributed by atoms with Crippen LogP contribution in [0.25, 0.3) is 22.4 Å². The van der Waals surface area contributed by atoms with E-state index in [4.69, 9.17) is 0 Å². The fourth-order valence-electron chi connectivity index (χ4n) is 4.03. The molecule has 0 spiro atoms. The lowest BCUT2D eigenvalue weighted by Gasteiger charge is -2.14. The van der Waals surface area contributed by atoms with Crippen LogP contribution in [0, 0.1) is 11.6 Å². The molecule has 1 aliphatic rings. The van der Waals surface area contributed by atoms with Crippen molar-refractivity contribution in [1.29, 1.82) is 0 Å². The summed E-state index contributed by atoms with van der Waals surface area (Å²) in [5.41, 5.74) is 1.86. The second-order valence-electron chi connectivity index (χ2n) is 7.53. The Morgan fingerprint density at radius 3 is 2.24 bits per heavy atom. The van der Waals surface area contributed by atoms with Crippen molar-refractivity contribution < 1.29 is 28.3 Å². The van der Waals surface area contributed by atoms with E-state index in [2.05, 4.69) is 15.4 Å². The summed E-state index contributed by atoms with van der Waals surface area (Å²) >= 11 is 0. The lowest BCUT2D eigenvalue weighted by atomic mass is 9.87. The van der Waals surface area contributed by atoms with Gasteiger partial charge in [-0.2, -0.15) is 0 Å². The topological polar surface area (TPSA) is 113 Å². The maximum absolute atomic E-state index is 13.7. The minimum absolute atomic E-state index is 0.0132. The molecule has 1 unspecified atom stereocenters. The van der Waals surface area contributed by atoms with E-state index >= 15 is 0 Å². The Morgan fingerprint density at radius 2 is 1.55 bits per heavy atom. The molecule has 0 radical (unpaired) electrons. The highest BCUT2D eigenvalue weighted by atomic mass is 19.2. The van der Waals surface area contributed by atoms with E-state index in [0.29, 0.717) is 16.8 Å². The first-order valence-corrected chi connectivity index (χ1v) is 9.76. The zero-order valence-corrected chi connectivity index (χ0v) is 16.7. The lowest BCUT2D eigenvalue weighted by Crippen LogP contribution is -2.17. The first-order valence-electron chi connectivity index (χ1n) is 9.76. The van der Waals surface area contributed by atoms with Crippen molar-refractivity contribution in [2.45, 2.75) is 5.92 Å². The zero-order valence-electron chi connectivity index (χ0n) is 16.7. The molecule has 4 aromatic rings. The molecule has 1 aliphatic carbocycles. The average Bonchev–Trinajstić information content (AvgIpc) is 3.42. The largest absolute Gasteiger partial charge is 0.478 e. The quantitative estimate of drug-likeness (QED) is 0.454. The van der Waals surface area contributed by atoms with Gasteiger partial charge in [0.15, 0.2) is 23.2 Å². The van der Waals surface area contributed by atoms with Gasteiger partial charge in [-0.05, 0) is 53.1 Å². The Bertz CT molecular complexity index is 1460. The molecule has 0 bridgehead atoms. The first kappa shape index (κ1) is 20.4. The summed E-state index contributed by atoms with van der Waals surface area (Å²) < 4.78 is 27.1. The summed E-state index contributed by atoms with van der Waals surface area (Å²) in [5, 5.41) is 19.7. The molecule has 0 amide bonds. The fourth-order valence-corrected chi connectivity index (χ4v) is 4.03. The number of carbonyl (C=O) groups excluding carboxylic acids is 2. The van der Waals surface area contributed by atoms with Crippen LogP contribution in [0.1, 0.15) is 42.6 Å². The van der Waals surface area contributed by atoms with Gasteiger partial charge in [0.1, 0.15) is 5.92 Å². The number of ketones is 2. The van der Waals surface area contributed by atoms with Crippen molar-refractivity contribution in [2.75, 3.05) is 0 Å². The standard InChI is InChI=1S/C24H13F2N3O4/c25-18-6-3-12(9-19(18)26)11-1-5-15(24(32)33)16(7-11)21-22(30)14-4-2-13(8-17(14)23(21)31)20-10-27-29-28-20/h1-10,21H,(H,32,33)(H,27,28,29). The van der Waals surface area contributed by atoms with Gasteiger partial charge < -0.3 is 5.11 Å². The maximum atomic E-state index is 13.7. The highest BCUT2D eigenvalue weighted by molar-refractivity contribution is 6.30. The summed E-state index contributed by atoms with van der Waals surface area (Å²) in [7, 11) is 0. The van der Waals surface area contributed by atoms with Crippen LogP contribution in [-0.4, -0.2) is 38.1 Å². The second kappa shape index (κ2) is 7.56. The van der Waals surface area contributed by atoms with Crippen LogP contribution in [0.3, 0.4) is 0 Å². The van der Waals surface area contributed by atoms with Crippen molar-refractivity contribution in [3.05, 3.63) is 94.7 Å². The minimum Gasteiger partial charge on any atom is -0.478 e. The van der Waals surface area contributed by atoms with E-state index in [1.165, 1.54) is 42.6 Å². The van der Waals surface area contributed by atoms with Crippen LogP contribution in [-0.2, 0) is 0 Å². The zero-order chi connectivity index (χ0) is 23.3. The van der Waals surface area contributed by atoms with Crippen molar-refractivity contribution in [2.24, 2.45) is 0 Å². The van der Waals surface area contributed by atoms with Crippen molar-refractivity contribution >= 4 is 17.5 Å². The number of aromatic amines is 1. The Balaban J connectivity index is 1.63. The molecule has 3 aromatic carbocycles. The van der Waals surface area contributed by atoms with E-state index in [-0.39, 0.29) is 27.8 Å². The van der Waals surface area contributed by atoms with Gasteiger partial charge in [-0.25, -0.2) is 13.6 Å². The number of carbonyl (C=O) groups is 3. The number of carboxylic acids is 1. The van der Waals surface area contributed by atoms with Crippen molar-refractivity contribution in [1.82, 2.24) is 15.4 Å². The first-order chi connectivity index (χ1) is 15.8. The van der Waals surface area contributed by atoms with Crippen molar-refractivity contribution in [3.63, 3.8) is 0 Å². The van der Waals surface area contributed by atoms with Crippen LogP contribution >= 0.6 is 0 Å². The molecule has 2 N–H and O–H groups in total. The number of hydrogen-bond donors (Lipinski definition) is 2. The number of carboxylic acid groups (broad SMARTS) is 1. The molecule has 7 nitrogen and oxygen atoms in total. The number of benzene rings is 3. The van der Waals surface area contributed by atoms with Crippen LogP contribution in [0.5, 0.6) is 0 Å². The monoisotopic (exact) mass is 445 g/mol. The number of fused-ring (bicyclic) bond motifs is 1. The van der Waals surface area contributed by atoms with Gasteiger partial charge >= 0.3 is 5.97 Å². The maximum Gasteiger partial charge on any atom is 0.336 e. The molecule has 0 aliphatic heterocycles. The molecule has 5 rings (SSSR count). The number of nitrogens with zero attached hydrogens (tertiary/aromatic N) is 2. The van der Waals surface area contributed by atoms with E-state index in [9.17, 15) is 28.3 Å². The molecule has 162 valence electrons. The number of Topliss-reactive ketones (excluding diaryl/α,β-unsaturated/α-hetero) is 2. The Hall–Kier alpha value is -4.53. The molecule has 0 saturated carbocycles. The molecule has 0 fully saturated rings. The number of hydrogen-bond acceptors (Lipinski definition) is 5. The number of halogens is 2. The van der Waals surface area contributed by atoms with Crippen molar-refractivity contribution in [3.8, 4) is 22.4 Å². The van der Waals surface area contributed by atoms with Crippen LogP contribution in [0.4, 0.5) is 8.78 Å². The third kappa shape index (κ3) is 3.30. The SMILES string of the molecule is O=C(O)c1ccc(-c2ccc(F)c(F)c2)cc1C1C(=O)c2ccc(-c3cnn[nH]3)cc2C1=O. The summed E-state index contributed by atoms with van der Waals surface area (Å²) in [5.74, 6) is -5.86. The normalized spacial score (nSPS) is 15.0. The smallest absolute Gasteiger partial charge is 0.336 e. The van der Waals surface area contributed by atoms with Gasteiger partial charge in [-0.1, -0.05) is 23.4 Å². The fraction of sp³-hybridized carbons (Fsp3) is 0.0417. The molecular formula is C24H13F2N3O4. The van der Waals surface area contributed by atoms with Crippen LogP contribution in [0.2, 0.25) is 0 Å². The summed E-state index contributed by atoms with van der Waals surface area (Å²) in [4.78, 5) is 38.3. The van der Waals surface area contributed by atoms with Gasteiger partial charge in [-0.15, -0.1) is 5.10 Å². The molecule has 9 heteroatoms. The molecular weight excluding hydrogens is 432 g/mol. The van der Waals surface area contributed by atoms with E-state index in [1.807, 2.05) is 0 Å². The lowest BCUT2D eigenvalue weighted by molar-refractivity contribution is 0.0695. The summed E-state index contributed by atoms with van der Waals surface area (Å²) in [6, 6.07) is 11.9. The molecule has 1 atom stereocenters. The predicted octanol–water partition coefficient (Wildman–Crippen LogP) is 4.28. The third-order valence-corrected chi connectivity index (χ3v) is 5.65. The number of rotatable bonds is 4. The average molecular weight is 445 g/mol. The number of aromatic nitrogens is 3. The number of H-pyrrole nitrogens is 1. The Labute approximate surface area is 184 Å². The predicted molar refractivity (Wildman–Crippen MR) is 112 cm³/mol. The highest BCUT2D eigenvalue weighted by Gasteiger charge is 2.41. The van der Waals surface area contributed by atoms with Crippen LogP contribution in [0.15, 0.2) is 60.8 Å².